The molecule has 0 aliphatic carbocycles. The number of aromatic nitrogens is 1. The van der Waals surface area contributed by atoms with E-state index in [1.807, 2.05) is 0 Å². The molecule has 3 heterocycles. The predicted molar refractivity (Wildman–Crippen MR) is 173 cm³/mol. The van der Waals surface area contributed by atoms with E-state index in [4.69, 9.17) is 16.3 Å². The Morgan fingerprint density at radius 3 is 2.52 bits per heavy atom. The molecule has 0 bridgehead atoms. The van der Waals surface area contributed by atoms with E-state index >= 15 is 0 Å². The summed E-state index contributed by atoms with van der Waals surface area (Å²) in [4.78, 5) is 82.2. The van der Waals surface area contributed by atoms with Crippen LogP contribution >= 0.6 is 11.6 Å². The molecule has 52 heavy (non-hydrogen) atoms. The van der Waals surface area contributed by atoms with Crippen molar-refractivity contribution in [2.45, 2.75) is 24.8 Å². The van der Waals surface area contributed by atoms with Crippen molar-refractivity contribution in [3.63, 3.8) is 0 Å². The second-order valence-electron chi connectivity index (χ2n) is 11.5. The number of nitrogens with zero attached hydrogens (tertiary/aromatic N) is 3. The Kier molecular flexibility index (Phi) is 11.1. The number of fused-ring (bicyclic) bond motifs is 1. The van der Waals surface area contributed by atoms with Crippen molar-refractivity contribution in [2.24, 2.45) is 0 Å². The number of hydrogen-bond donors (Lipinski definition) is 7. The van der Waals surface area contributed by atoms with Gasteiger partial charge in [0.05, 0.1) is 16.5 Å². The monoisotopic (exact) mass is 744 g/mol. The molecule has 6 amide bonds. The van der Waals surface area contributed by atoms with Gasteiger partial charge in [0, 0.05) is 44.1 Å². The van der Waals surface area contributed by atoms with Crippen molar-refractivity contribution in [3.05, 3.63) is 81.6 Å². The minimum atomic E-state index is -2.05. The van der Waals surface area contributed by atoms with Gasteiger partial charge in [-0.1, -0.05) is 17.7 Å². The zero-order valence-corrected chi connectivity index (χ0v) is 27.4. The minimum absolute atomic E-state index is 0.0373. The van der Waals surface area contributed by atoms with Gasteiger partial charge in [-0.3, -0.25) is 29.1 Å². The van der Waals surface area contributed by atoms with Crippen LogP contribution < -0.4 is 20.6 Å². The number of aromatic carboxylic acids is 1. The molecule has 2 aliphatic rings. The molecule has 2 aromatic carbocycles. The van der Waals surface area contributed by atoms with Gasteiger partial charge in [-0.05, 0) is 42.7 Å². The zero-order valence-electron chi connectivity index (χ0n) is 26.6. The van der Waals surface area contributed by atoms with Gasteiger partial charge in [-0.15, -0.1) is 0 Å². The Labute approximate surface area is 297 Å². The maximum absolute atomic E-state index is 14.6. The van der Waals surface area contributed by atoms with Gasteiger partial charge in [-0.25, -0.2) is 18.4 Å². The molecule has 2 atom stereocenters. The molecule has 0 radical (unpaired) electrons. The third-order valence-corrected chi connectivity index (χ3v) is 8.55. The molecule has 7 N–H and O–H groups in total. The number of halogens is 3. The summed E-state index contributed by atoms with van der Waals surface area (Å²) in [6, 6.07) is 2.29. The Morgan fingerprint density at radius 2 is 1.83 bits per heavy atom. The average molecular weight is 745 g/mol. The average Bonchev–Trinajstić information content (AvgIpc) is 3.11. The fourth-order valence-corrected chi connectivity index (χ4v) is 5.75. The molecule has 1 fully saturated rings. The highest BCUT2D eigenvalue weighted by atomic mass is 35.5. The van der Waals surface area contributed by atoms with Crippen LogP contribution in [0, 0.1) is 11.6 Å². The molecule has 21 heteroatoms. The molecule has 3 aromatic rings. The van der Waals surface area contributed by atoms with E-state index in [0.717, 1.165) is 17.0 Å². The minimum Gasteiger partial charge on any atom is -0.534 e. The molecule has 1 saturated heterocycles. The molecule has 0 spiro atoms. The number of benzene rings is 2. The predicted octanol–water partition coefficient (Wildman–Crippen LogP) is 0.504. The summed E-state index contributed by atoms with van der Waals surface area (Å²) in [7, 11) is -1.97. The maximum atomic E-state index is 14.6. The number of nitrogens with one attached hydrogen (secondary N) is 3. The quantitative estimate of drug-likeness (QED) is 0.0650. The largest absolute Gasteiger partial charge is 0.547 e. The van der Waals surface area contributed by atoms with Crippen LogP contribution in [0.2, 0.25) is 5.02 Å². The van der Waals surface area contributed by atoms with Gasteiger partial charge in [0.1, 0.15) is 23.2 Å². The lowest BCUT2D eigenvalue weighted by Gasteiger charge is -2.34. The summed E-state index contributed by atoms with van der Waals surface area (Å²) in [5, 5.41) is 46.3. The summed E-state index contributed by atoms with van der Waals surface area (Å²) < 4.78 is 34.0. The number of carbonyl (C=O) groups is 6. The Morgan fingerprint density at radius 1 is 1.08 bits per heavy atom. The van der Waals surface area contributed by atoms with Crippen molar-refractivity contribution in [1.29, 1.82) is 0 Å². The van der Waals surface area contributed by atoms with Crippen LogP contribution in [0.5, 0.6) is 17.2 Å². The van der Waals surface area contributed by atoms with E-state index in [1.54, 1.807) is 12.1 Å². The van der Waals surface area contributed by atoms with E-state index in [9.17, 15) is 57.9 Å². The third kappa shape index (κ3) is 7.66. The normalized spacial score (nSPS) is 16.1. The number of piperazine rings is 1. The highest BCUT2D eigenvalue weighted by molar-refractivity contribution is 6.47. The summed E-state index contributed by atoms with van der Waals surface area (Å²) in [6.07, 6.45) is 2.81. The number of urea groups is 1. The highest BCUT2D eigenvalue weighted by Gasteiger charge is 2.42. The zero-order chi connectivity index (χ0) is 37.9. The molecule has 2 aliphatic heterocycles. The Bertz CT molecular complexity index is 1960. The number of imide groups is 1. The number of rotatable bonds is 10. The highest BCUT2D eigenvalue weighted by Crippen LogP contribution is 2.40. The van der Waals surface area contributed by atoms with Gasteiger partial charge in [0.15, 0.2) is 17.3 Å². The van der Waals surface area contributed by atoms with Crippen molar-refractivity contribution < 1.29 is 62.5 Å². The number of aromatic hydroxyl groups is 2. The third-order valence-electron chi connectivity index (χ3n) is 8.16. The SMILES string of the molecule is O=C(NCCCN1CCN(C(=O)NC(C(=O)N[C@H]2Cc3ccc(F)c(C(=O)O)c3OB2O)c2cc(F)c(O)c(O)c2Cl)C(=O)C1=O)c1cccnc1. The van der Waals surface area contributed by atoms with Crippen LogP contribution in [0.3, 0.4) is 0 Å². The van der Waals surface area contributed by atoms with E-state index in [0.29, 0.717) is 16.5 Å². The van der Waals surface area contributed by atoms with Crippen molar-refractivity contribution in [1.82, 2.24) is 30.7 Å². The summed E-state index contributed by atoms with van der Waals surface area (Å²) >= 11 is 6.12. The lowest BCUT2D eigenvalue weighted by Crippen LogP contribution is -2.60. The van der Waals surface area contributed by atoms with Gasteiger partial charge in [-0.2, -0.15) is 0 Å². The Hall–Kier alpha value is -6.02. The molecule has 272 valence electrons. The standard InChI is InChI=1S/C31H28BClF2N6O11/c33-21-16(12-18(35)23(42)24(21)43)22(27(45)38-19-11-14-4-5-17(34)20(30(48)49)25(14)52-32(19)51)39-31(50)41-10-9-40(28(46)29(41)47)8-2-7-37-26(44)15-3-1-6-36-13-15/h1,3-6,12-13,19,22,42-43,51H,2,7-11H2,(H,37,44)(H,38,45)(H,39,50)(H,48,49)/t19-,22?/m0/s1. The molecular formula is C31H28BClF2N6O11. The summed E-state index contributed by atoms with van der Waals surface area (Å²) in [5.74, 6) is -12.6. The van der Waals surface area contributed by atoms with Gasteiger partial charge < -0.3 is 45.8 Å². The molecular weight excluding hydrogens is 717 g/mol. The first kappa shape index (κ1) is 37.2. The van der Waals surface area contributed by atoms with Gasteiger partial charge in [0.25, 0.3) is 5.91 Å². The van der Waals surface area contributed by atoms with Gasteiger partial charge in [0.2, 0.25) is 5.91 Å². The number of carboxylic acids is 1. The fourth-order valence-electron chi connectivity index (χ4n) is 5.50. The topological polar surface area (TPSA) is 248 Å². The first-order valence-corrected chi connectivity index (χ1v) is 15.8. The smallest absolute Gasteiger partial charge is 0.534 e. The van der Waals surface area contributed by atoms with Crippen LogP contribution in [0.25, 0.3) is 0 Å². The number of amides is 6. The van der Waals surface area contributed by atoms with Crippen molar-refractivity contribution in [3.8, 4) is 17.2 Å². The number of carbonyl (C=O) groups excluding carboxylic acids is 5. The molecule has 1 unspecified atom stereocenters. The van der Waals surface area contributed by atoms with Crippen LogP contribution in [-0.2, 0) is 20.8 Å². The number of pyridine rings is 1. The number of carboxylic acid groups (broad SMARTS) is 1. The Balaban J connectivity index is 1.29. The number of phenolic OH excluding ortho intramolecular Hbond substituents is 2. The van der Waals surface area contributed by atoms with E-state index in [2.05, 4.69) is 20.9 Å². The van der Waals surface area contributed by atoms with Crippen molar-refractivity contribution in [2.75, 3.05) is 26.2 Å². The van der Waals surface area contributed by atoms with Crippen molar-refractivity contribution >= 4 is 54.3 Å². The van der Waals surface area contributed by atoms with Crippen LogP contribution in [0.15, 0.2) is 42.7 Å². The van der Waals surface area contributed by atoms with Crippen LogP contribution in [0.1, 0.15) is 44.3 Å². The number of hydrogen-bond acceptors (Lipinski definition) is 11. The summed E-state index contributed by atoms with van der Waals surface area (Å²) in [5.41, 5.74) is -1.08. The second kappa shape index (κ2) is 15.5. The lowest BCUT2D eigenvalue weighted by atomic mass is 9.72. The van der Waals surface area contributed by atoms with E-state index < -0.39 is 99.8 Å². The second-order valence-corrected chi connectivity index (χ2v) is 11.9. The van der Waals surface area contributed by atoms with Crippen LogP contribution in [0.4, 0.5) is 13.6 Å². The lowest BCUT2D eigenvalue weighted by molar-refractivity contribution is -0.153. The van der Waals surface area contributed by atoms with Crippen LogP contribution in [-0.4, -0.2) is 110 Å². The summed E-state index contributed by atoms with van der Waals surface area (Å²) in [6.45, 7) is -0.308. The van der Waals surface area contributed by atoms with E-state index in [1.165, 1.54) is 12.4 Å². The molecule has 5 rings (SSSR count). The molecule has 17 nitrogen and oxygen atoms in total. The first-order valence-electron chi connectivity index (χ1n) is 15.4. The molecule has 0 saturated carbocycles. The first-order chi connectivity index (χ1) is 24.7. The van der Waals surface area contributed by atoms with E-state index in [-0.39, 0.29) is 44.6 Å². The number of phenols is 2. The maximum Gasteiger partial charge on any atom is 0.547 e. The fraction of sp³-hybridized carbons (Fsp3) is 0.258. The van der Waals surface area contributed by atoms with Gasteiger partial charge >= 0.3 is 30.9 Å². The molecule has 1 aromatic heterocycles.